The highest BCUT2D eigenvalue weighted by Gasteiger charge is 2.27. The third kappa shape index (κ3) is 3.17. The molecule has 0 aliphatic heterocycles. The monoisotopic (exact) mass is 274 g/mol. The van der Waals surface area contributed by atoms with Gasteiger partial charge in [-0.1, -0.05) is 42.5 Å². The van der Waals surface area contributed by atoms with Crippen molar-refractivity contribution >= 4 is 0 Å². The first-order valence-electron chi connectivity index (χ1n) is 6.36. The molecule has 0 saturated carbocycles. The Bertz CT molecular complexity index is 524. The number of benzene rings is 2. The molecule has 2 rings (SSSR count). The van der Waals surface area contributed by atoms with E-state index in [-0.39, 0.29) is 0 Å². The van der Waals surface area contributed by atoms with E-state index in [2.05, 4.69) is 0 Å². The molecule has 4 nitrogen and oxygen atoms in total. The Kier molecular flexibility index (Phi) is 4.74. The molecule has 0 heterocycles. The summed E-state index contributed by atoms with van der Waals surface area (Å²) in [7, 11) is 1.55. The van der Waals surface area contributed by atoms with Crippen LogP contribution in [0.15, 0.2) is 54.6 Å². The first kappa shape index (κ1) is 14.5. The van der Waals surface area contributed by atoms with Gasteiger partial charge in [0.25, 0.3) is 0 Å². The van der Waals surface area contributed by atoms with Crippen LogP contribution in [-0.2, 0) is 0 Å². The fourth-order valence-electron chi connectivity index (χ4n) is 2.02. The number of methoxy groups -OCH3 is 1. The molecule has 3 atom stereocenters. The maximum Gasteiger partial charge on any atom is 0.118 e. The molecule has 3 N–H and O–H groups in total. The van der Waals surface area contributed by atoms with Gasteiger partial charge < -0.3 is 20.1 Å². The molecule has 0 radical (unpaired) electrons. The highest BCUT2D eigenvalue weighted by molar-refractivity contribution is 5.29. The van der Waals surface area contributed by atoms with Gasteiger partial charge in [-0.15, -0.1) is 0 Å². The minimum atomic E-state index is -1.30. The standard InChI is InChI=1S/C16H18O4/c1-20-13-9-7-12(8-10-13)15(18)16(19)14(17)11-5-3-2-4-6-11/h2-10,14-19H,1H3. The average molecular weight is 274 g/mol. The number of rotatable bonds is 5. The first-order chi connectivity index (χ1) is 9.63. The van der Waals surface area contributed by atoms with Crippen molar-refractivity contribution in [2.24, 2.45) is 0 Å². The number of ether oxygens (including phenoxy) is 1. The fraction of sp³-hybridized carbons (Fsp3) is 0.250. The van der Waals surface area contributed by atoms with E-state index in [1.807, 2.05) is 6.07 Å². The molecule has 0 bridgehead atoms. The van der Waals surface area contributed by atoms with Crippen LogP contribution in [0.2, 0.25) is 0 Å². The minimum Gasteiger partial charge on any atom is -0.497 e. The second-order valence-electron chi connectivity index (χ2n) is 4.56. The van der Waals surface area contributed by atoms with Gasteiger partial charge in [0.05, 0.1) is 7.11 Å². The summed E-state index contributed by atoms with van der Waals surface area (Å²) < 4.78 is 5.03. The predicted molar refractivity (Wildman–Crippen MR) is 75.4 cm³/mol. The van der Waals surface area contributed by atoms with Crippen molar-refractivity contribution in [1.82, 2.24) is 0 Å². The summed E-state index contributed by atoms with van der Waals surface area (Å²) in [5.74, 6) is 0.666. The Labute approximate surface area is 117 Å². The van der Waals surface area contributed by atoms with Crippen LogP contribution in [0.5, 0.6) is 5.75 Å². The van der Waals surface area contributed by atoms with E-state index in [9.17, 15) is 15.3 Å². The smallest absolute Gasteiger partial charge is 0.118 e. The molecule has 106 valence electrons. The van der Waals surface area contributed by atoms with Crippen LogP contribution in [0.25, 0.3) is 0 Å². The molecule has 2 aromatic rings. The summed E-state index contributed by atoms with van der Waals surface area (Å²) in [6, 6.07) is 15.5. The maximum absolute atomic E-state index is 10.1. The van der Waals surface area contributed by atoms with Crippen molar-refractivity contribution in [2.45, 2.75) is 18.3 Å². The highest BCUT2D eigenvalue weighted by atomic mass is 16.5. The molecule has 0 aliphatic carbocycles. The SMILES string of the molecule is COc1ccc(C(O)C(O)C(O)c2ccccc2)cc1. The van der Waals surface area contributed by atoms with Crippen LogP contribution in [0.1, 0.15) is 23.3 Å². The lowest BCUT2D eigenvalue weighted by Gasteiger charge is -2.23. The largest absolute Gasteiger partial charge is 0.497 e. The van der Waals surface area contributed by atoms with Gasteiger partial charge >= 0.3 is 0 Å². The van der Waals surface area contributed by atoms with E-state index in [4.69, 9.17) is 4.74 Å². The van der Waals surface area contributed by atoms with E-state index >= 15 is 0 Å². The number of hydrogen-bond acceptors (Lipinski definition) is 4. The van der Waals surface area contributed by atoms with Gasteiger partial charge in [-0.25, -0.2) is 0 Å². The normalized spacial score (nSPS) is 15.4. The predicted octanol–water partition coefficient (Wildman–Crippen LogP) is 1.82. The molecule has 0 saturated heterocycles. The van der Waals surface area contributed by atoms with E-state index in [0.717, 1.165) is 0 Å². The molecule has 4 heteroatoms. The molecule has 0 aromatic heterocycles. The van der Waals surface area contributed by atoms with Crippen molar-refractivity contribution < 1.29 is 20.1 Å². The second kappa shape index (κ2) is 6.52. The molecular formula is C16H18O4. The summed E-state index contributed by atoms with van der Waals surface area (Å²) in [5.41, 5.74) is 1.08. The van der Waals surface area contributed by atoms with Crippen LogP contribution in [-0.4, -0.2) is 28.5 Å². The zero-order chi connectivity index (χ0) is 14.5. The summed E-state index contributed by atoms with van der Waals surface area (Å²) in [4.78, 5) is 0. The van der Waals surface area contributed by atoms with Crippen molar-refractivity contribution in [3.05, 3.63) is 65.7 Å². The molecule has 0 aliphatic rings. The molecule has 0 amide bonds. The molecule has 3 unspecified atom stereocenters. The van der Waals surface area contributed by atoms with Crippen molar-refractivity contribution in [3.8, 4) is 5.75 Å². The first-order valence-corrected chi connectivity index (χ1v) is 6.36. The Morgan fingerprint density at radius 3 is 1.75 bits per heavy atom. The molecule has 20 heavy (non-hydrogen) atoms. The lowest BCUT2D eigenvalue weighted by Crippen LogP contribution is -2.26. The summed E-state index contributed by atoms with van der Waals surface area (Å²) >= 11 is 0. The lowest BCUT2D eigenvalue weighted by molar-refractivity contribution is -0.0622. The molecule has 2 aromatic carbocycles. The van der Waals surface area contributed by atoms with Crippen molar-refractivity contribution in [2.75, 3.05) is 7.11 Å². The van der Waals surface area contributed by atoms with E-state index in [1.165, 1.54) is 0 Å². The van der Waals surface area contributed by atoms with Crippen molar-refractivity contribution in [1.29, 1.82) is 0 Å². The van der Waals surface area contributed by atoms with Crippen LogP contribution in [0.3, 0.4) is 0 Å². The number of aliphatic hydroxyl groups is 3. The summed E-state index contributed by atoms with van der Waals surface area (Å²) in [6.45, 7) is 0. The molecule has 0 fully saturated rings. The van der Waals surface area contributed by atoms with Gasteiger partial charge in [0.2, 0.25) is 0 Å². The molecular weight excluding hydrogens is 256 g/mol. The van der Waals surface area contributed by atoms with Crippen LogP contribution < -0.4 is 4.74 Å². The van der Waals surface area contributed by atoms with Gasteiger partial charge in [-0.2, -0.15) is 0 Å². The third-order valence-electron chi connectivity index (χ3n) is 3.25. The average Bonchev–Trinajstić information content (AvgIpc) is 2.53. The highest BCUT2D eigenvalue weighted by Crippen LogP contribution is 2.27. The Hall–Kier alpha value is -1.88. The zero-order valence-corrected chi connectivity index (χ0v) is 11.2. The quantitative estimate of drug-likeness (QED) is 0.778. The zero-order valence-electron chi connectivity index (χ0n) is 11.2. The lowest BCUT2D eigenvalue weighted by atomic mass is 9.96. The maximum atomic E-state index is 10.1. The molecule has 0 spiro atoms. The van der Waals surface area contributed by atoms with Crippen molar-refractivity contribution in [3.63, 3.8) is 0 Å². The van der Waals surface area contributed by atoms with E-state index < -0.39 is 18.3 Å². The Morgan fingerprint density at radius 1 is 0.750 bits per heavy atom. The fourth-order valence-corrected chi connectivity index (χ4v) is 2.02. The van der Waals surface area contributed by atoms with Gasteiger partial charge in [0, 0.05) is 0 Å². The summed E-state index contributed by atoms with van der Waals surface area (Å²) in [6.07, 6.45) is -3.62. The van der Waals surface area contributed by atoms with Gasteiger partial charge in [-0.3, -0.25) is 0 Å². The van der Waals surface area contributed by atoms with Gasteiger partial charge in [0.15, 0.2) is 0 Å². The topological polar surface area (TPSA) is 69.9 Å². The van der Waals surface area contributed by atoms with Crippen LogP contribution in [0, 0.1) is 0 Å². The summed E-state index contributed by atoms with van der Waals surface area (Å²) in [5, 5.41) is 30.3. The van der Waals surface area contributed by atoms with Crippen LogP contribution in [0.4, 0.5) is 0 Å². The number of aliphatic hydroxyl groups excluding tert-OH is 3. The Balaban J connectivity index is 2.13. The van der Waals surface area contributed by atoms with Crippen LogP contribution >= 0.6 is 0 Å². The third-order valence-corrected chi connectivity index (χ3v) is 3.25. The minimum absolute atomic E-state index is 0.522. The number of hydrogen-bond donors (Lipinski definition) is 3. The Morgan fingerprint density at radius 2 is 1.25 bits per heavy atom. The second-order valence-corrected chi connectivity index (χ2v) is 4.56. The van der Waals surface area contributed by atoms with E-state index in [1.54, 1.807) is 55.6 Å². The van der Waals surface area contributed by atoms with Gasteiger partial charge in [0.1, 0.15) is 24.1 Å². The van der Waals surface area contributed by atoms with E-state index in [0.29, 0.717) is 16.9 Å². The van der Waals surface area contributed by atoms with Gasteiger partial charge in [-0.05, 0) is 23.3 Å².